The minimum atomic E-state index is -3.76. The summed E-state index contributed by atoms with van der Waals surface area (Å²) in [5.74, 6) is -0.194. The van der Waals surface area contributed by atoms with Gasteiger partial charge in [-0.15, -0.1) is 0 Å². The number of aryl methyl sites for hydroxylation is 1. The van der Waals surface area contributed by atoms with E-state index in [9.17, 15) is 21.6 Å². The van der Waals surface area contributed by atoms with Gasteiger partial charge in [-0.3, -0.25) is 4.79 Å². The lowest BCUT2D eigenvalue weighted by molar-refractivity contribution is -0.118. The van der Waals surface area contributed by atoms with Crippen LogP contribution in [0.3, 0.4) is 0 Å². The zero-order chi connectivity index (χ0) is 25.6. The minimum Gasteiger partial charge on any atom is -0.484 e. The Morgan fingerprint density at radius 1 is 0.886 bits per heavy atom. The lowest BCUT2D eigenvalue weighted by atomic mass is 10.1. The smallest absolute Gasteiger partial charge is 0.262 e. The van der Waals surface area contributed by atoms with Crippen LogP contribution in [-0.2, 0) is 24.8 Å². The first-order chi connectivity index (χ1) is 16.5. The molecule has 1 atom stereocenters. The van der Waals surface area contributed by atoms with Gasteiger partial charge in [-0.05, 0) is 68.4 Å². The van der Waals surface area contributed by atoms with Crippen LogP contribution in [0, 0.1) is 6.92 Å². The minimum absolute atomic E-state index is 0.0220. The number of carbonyl (C=O) groups is 1. The summed E-state index contributed by atoms with van der Waals surface area (Å²) in [6.45, 7) is 3.14. The number of rotatable bonds is 10. The molecule has 35 heavy (non-hydrogen) atoms. The normalized spacial score (nSPS) is 12.7. The molecule has 186 valence electrons. The number of hydrogen-bond donors (Lipinski definition) is 3. The van der Waals surface area contributed by atoms with Crippen LogP contribution in [0.5, 0.6) is 5.75 Å². The molecule has 0 aliphatic carbocycles. The van der Waals surface area contributed by atoms with Gasteiger partial charge in [-0.2, -0.15) is 0 Å². The summed E-state index contributed by atoms with van der Waals surface area (Å²) in [7, 11) is -6.11. The fraction of sp³-hybridized carbons (Fsp3) is 0.208. The van der Waals surface area contributed by atoms with Crippen LogP contribution >= 0.6 is 0 Å². The Morgan fingerprint density at radius 2 is 1.51 bits per heavy atom. The van der Waals surface area contributed by atoms with Crippen molar-refractivity contribution in [2.75, 3.05) is 19.0 Å². The van der Waals surface area contributed by atoms with Gasteiger partial charge < -0.3 is 10.1 Å². The van der Waals surface area contributed by atoms with Gasteiger partial charge >= 0.3 is 0 Å². The topological polar surface area (TPSA) is 131 Å². The quantitative estimate of drug-likeness (QED) is 0.379. The molecule has 1 amide bonds. The fourth-order valence-corrected chi connectivity index (χ4v) is 5.17. The van der Waals surface area contributed by atoms with E-state index in [1.165, 1.54) is 43.4 Å². The maximum absolute atomic E-state index is 12.7. The molecule has 0 unspecified atom stereocenters. The number of hydrogen-bond acceptors (Lipinski definition) is 6. The Hall–Kier alpha value is -3.25. The Labute approximate surface area is 205 Å². The standard InChI is InChI=1S/C24H27N3O6S2/c1-17-9-12-22(34(29,30)25-3)15-23(17)26-24(28)16-33-20-10-13-21(14-11-20)35(31,32)27-18(2)19-7-5-4-6-8-19/h4-15,18,25,27H,16H2,1-3H3,(H,26,28)/t18-/m1/s1. The third kappa shape index (κ3) is 6.89. The van der Waals surface area contributed by atoms with Gasteiger partial charge in [-0.1, -0.05) is 36.4 Å². The van der Waals surface area contributed by atoms with E-state index in [4.69, 9.17) is 4.74 Å². The molecule has 0 bridgehead atoms. The van der Waals surface area contributed by atoms with Crippen molar-refractivity contribution in [3.05, 3.63) is 83.9 Å². The molecule has 0 heterocycles. The summed E-state index contributed by atoms with van der Waals surface area (Å²) in [4.78, 5) is 12.4. The second kappa shape index (κ2) is 11.0. The van der Waals surface area contributed by atoms with E-state index in [0.717, 1.165) is 5.56 Å². The van der Waals surface area contributed by atoms with Crippen molar-refractivity contribution in [2.24, 2.45) is 0 Å². The molecule has 3 rings (SSSR count). The summed E-state index contributed by atoms with van der Waals surface area (Å²) in [5.41, 5.74) is 1.86. The van der Waals surface area contributed by atoms with Gasteiger partial charge in [-0.25, -0.2) is 26.3 Å². The van der Waals surface area contributed by atoms with Crippen LogP contribution in [0.4, 0.5) is 5.69 Å². The van der Waals surface area contributed by atoms with Crippen molar-refractivity contribution in [1.29, 1.82) is 0 Å². The van der Waals surface area contributed by atoms with E-state index >= 15 is 0 Å². The number of anilines is 1. The molecule has 0 fully saturated rings. The van der Waals surface area contributed by atoms with Gasteiger partial charge in [0.1, 0.15) is 5.75 Å². The van der Waals surface area contributed by atoms with Gasteiger partial charge in [0.15, 0.2) is 6.61 Å². The molecule has 11 heteroatoms. The molecule has 0 aliphatic heterocycles. The highest BCUT2D eigenvalue weighted by atomic mass is 32.2. The van der Waals surface area contributed by atoms with Crippen molar-refractivity contribution < 1.29 is 26.4 Å². The number of amides is 1. The van der Waals surface area contributed by atoms with E-state index < -0.39 is 32.0 Å². The average Bonchev–Trinajstić information content (AvgIpc) is 2.84. The van der Waals surface area contributed by atoms with Crippen LogP contribution in [-0.4, -0.2) is 36.4 Å². The first-order valence-corrected chi connectivity index (χ1v) is 13.6. The predicted octanol–water partition coefficient (Wildman–Crippen LogP) is 2.96. The van der Waals surface area contributed by atoms with Gasteiger partial charge in [0.25, 0.3) is 5.91 Å². The summed E-state index contributed by atoms with van der Waals surface area (Å²) in [6.07, 6.45) is 0. The van der Waals surface area contributed by atoms with Crippen LogP contribution in [0.2, 0.25) is 0 Å². The zero-order valence-electron chi connectivity index (χ0n) is 19.5. The molecular weight excluding hydrogens is 490 g/mol. The molecule has 3 aromatic rings. The van der Waals surface area contributed by atoms with Crippen LogP contribution in [0.25, 0.3) is 0 Å². The molecule has 0 saturated carbocycles. The molecule has 3 aromatic carbocycles. The second-order valence-corrected chi connectivity index (χ2v) is 11.3. The first kappa shape index (κ1) is 26.4. The van der Waals surface area contributed by atoms with Crippen molar-refractivity contribution in [2.45, 2.75) is 29.7 Å². The SMILES string of the molecule is CNS(=O)(=O)c1ccc(C)c(NC(=O)COc2ccc(S(=O)(=O)N[C@H](C)c3ccccc3)cc2)c1. The third-order valence-electron chi connectivity index (χ3n) is 5.20. The molecule has 0 aliphatic rings. The summed E-state index contributed by atoms with van der Waals surface area (Å²) in [6, 6.07) is 18.9. The summed E-state index contributed by atoms with van der Waals surface area (Å²) in [5, 5.41) is 2.63. The monoisotopic (exact) mass is 517 g/mol. The van der Waals surface area contributed by atoms with E-state index in [2.05, 4.69) is 14.8 Å². The number of ether oxygens (including phenoxy) is 1. The summed E-state index contributed by atoms with van der Waals surface area (Å²) >= 11 is 0. The lowest BCUT2D eigenvalue weighted by Crippen LogP contribution is -2.26. The second-order valence-electron chi connectivity index (χ2n) is 7.75. The van der Waals surface area contributed by atoms with Gasteiger partial charge in [0.2, 0.25) is 20.0 Å². The van der Waals surface area contributed by atoms with Crippen LogP contribution < -0.4 is 19.5 Å². The zero-order valence-corrected chi connectivity index (χ0v) is 21.1. The molecule has 3 N–H and O–H groups in total. The molecule has 0 saturated heterocycles. The predicted molar refractivity (Wildman–Crippen MR) is 133 cm³/mol. The maximum atomic E-state index is 12.7. The third-order valence-corrected chi connectivity index (χ3v) is 8.17. The highest BCUT2D eigenvalue weighted by Crippen LogP contribution is 2.21. The fourth-order valence-electron chi connectivity index (χ4n) is 3.18. The molecule has 0 spiro atoms. The first-order valence-electron chi connectivity index (χ1n) is 10.7. The number of sulfonamides is 2. The lowest BCUT2D eigenvalue weighted by Gasteiger charge is -2.15. The molecule has 0 radical (unpaired) electrons. The molecule has 0 aromatic heterocycles. The molecular formula is C24H27N3O6S2. The largest absolute Gasteiger partial charge is 0.484 e. The van der Waals surface area contributed by atoms with Crippen molar-refractivity contribution in [1.82, 2.24) is 9.44 Å². The van der Waals surface area contributed by atoms with E-state index in [0.29, 0.717) is 17.0 Å². The Balaban J connectivity index is 1.60. The van der Waals surface area contributed by atoms with Crippen molar-refractivity contribution in [3.63, 3.8) is 0 Å². The van der Waals surface area contributed by atoms with Crippen molar-refractivity contribution in [3.8, 4) is 5.75 Å². The van der Waals surface area contributed by atoms with E-state index in [1.54, 1.807) is 19.9 Å². The van der Waals surface area contributed by atoms with Gasteiger partial charge in [0.05, 0.1) is 9.79 Å². The number of benzene rings is 3. The Morgan fingerprint density at radius 3 is 2.14 bits per heavy atom. The number of carbonyl (C=O) groups excluding carboxylic acids is 1. The maximum Gasteiger partial charge on any atom is 0.262 e. The molecule has 9 nitrogen and oxygen atoms in total. The van der Waals surface area contributed by atoms with Crippen LogP contribution in [0.1, 0.15) is 24.1 Å². The van der Waals surface area contributed by atoms with Crippen molar-refractivity contribution >= 4 is 31.6 Å². The highest BCUT2D eigenvalue weighted by Gasteiger charge is 2.19. The average molecular weight is 518 g/mol. The van der Waals surface area contributed by atoms with Crippen LogP contribution in [0.15, 0.2) is 82.6 Å². The van der Waals surface area contributed by atoms with E-state index in [-0.39, 0.29) is 16.4 Å². The Kier molecular flexibility index (Phi) is 8.28. The Bertz CT molecular complexity index is 1390. The summed E-state index contributed by atoms with van der Waals surface area (Å²) < 4.78 is 59.7. The van der Waals surface area contributed by atoms with Gasteiger partial charge in [0, 0.05) is 11.7 Å². The number of nitrogens with one attached hydrogen (secondary N) is 3. The highest BCUT2D eigenvalue weighted by molar-refractivity contribution is 7.89. The van der Waals surface area contributed by atoms with E-state index in [1.807, 2.05) is 30.3 Å².